The van der Waals surface area contributed by atoms with Gasteiger partial charge in [0.15, 0.2) is 5.78 Å². The van der Waals surface area contributed by atoms with Gasteiger partial charge in [-0.1, -0.05) is 13.8 Å². The summed E-state index contributed by atoms with van der Waals surface area (Å²) in [5.74, 6) is -1.28. The molecule has 2 rings (SSSR count). The first-order valence-corrected chi connectivity index (χ1v) is 8.98. The summed E-state index contributed by atoms with van der Waals surface area (Å²) >= 11 is 0. The van der Waals surface area contributed by atoms with Crippen LogP contribution in [0.25, 0.3) is 0 Å². The van der Waals surface area contributed by atoms with Gasteiger partial charge in [-0.3, -0.25) is 9.59 Å². The molecule has 9 heteroatoms. The summed E-state index contributed by atoms with van der Waals surface area (Å²) in [5.41, 5.74) is 0.792. The van der Waals surface area contributed by atoms with Crippen molar-refractivity contribution in [3.63, 3.8) is 0 Å². The molecule has 6 nitrogen and oxygen atoms in total. The van der Waals surface area contributed by atoms with Crippen LogP contribution in [0.4, 0.5) is 10.1 Å². The van der Waals surface area contributed by atoms with Crippen molar-refractivity contribution < 1.29 is 24.0 Å². The first-order chi connectivity index (χ1) is 12.3. The summed E-state index contributed by atoms with van der Waals surface area (Å²) in [7, 11) is -1.63. The Morgan fingerprint density at radius 3 is 2.37 bits per heavy atom. The summed E-state index contributed by atoms with van der Waals surface area (Å²) in [4.78, 5) is 26.3. The van der Waals surface area contributed by atoms with Gasteiger partial charge in [0, 0.05) is 25.1 Å². The van der Waals surface area contributed by atoms with Crippen LogP contribution in [0.1, 0.15) is 39.5 Å². The van der Waals surface area contributed by atoms with E-state index in [1.54, 1.807) is 12.1 Å². The molecule has 1 fully saturated rings. The normalized spacial score (nSPS) is 17.0. The van der Waals surface area contributed by atoms with Crippen LogP contribution in [0, 0.1) is 11.7 Å². The number of nitrogens with zero attached hydrogens (tertiary/aromatic N) is 1. The van der Waals surface area contributed by atoms with E-state index in [2.05, 4.69) is 5.32 Å². The van der Waals surface area contributed by atoms with E-state index in [1.165, 1.54) is 12.1 Å². The smallest absolute Gasteiger partial charge is 0.426 e. The fourth-order valence-corrected chi connectivity index (χ4v) is 3.11. The number of ketones is 1. The van der Waals surface area contributed by atoms with E-state index < -0.39 is 13.1 Å². The molecule has 0 bridgehead atoms. The number of anilines is 1. The highest BCUT2D eigenvalue weighted by Gasteiger charge is 2.34. The van der Waals surface area contributed by atoms with Gasteiger partial charge in [-0.05, 0) is 43.0 Å². The van der Waals surface area contributed by atoms with Crippen LogP contribution < -0.4 is 10.2 Å². The number of carbonyl (C=O) groups is 2. The maximum Gasteiger partial charge on any atom is 0.475 e. The molecule has 0 spiro atoms. The zero-order chi connectivity index (χ0) is 19.3. The van der Waals surface area contributed by atoms with E-state index in [0.717, 1.165) is 12.2 Å². The van der Waals surface area contributed by atoms with Gasteiger partial charge in [-0.2, -0.15) is 13.5 Å². The quantitative estimate of drug-likeness (QED) is 0.548. The molecular formula is C18H28BFN2O4S. The number of hydrogen-bond donors (Lipinski definition) is 3. The second-order valence-corrected chi connectivity index (χ2v) is 7.16. The number of halogens is 1. The van der Waals surface area contributed by atoms with Gasteiger partial charge in [0.2, 0.25) is 5.91 Å². The fraction of sp³-hybridized carbons (Fsp3) is 0.556. The Labute approximate surface area is 166 Å². The van der Waals surface area contributed by atoms with Gasteiger partial charge >= 0.3 is 7.12 Å². The van der Waals surface area contributed by atoms with Crippen molar-refractivity contribution >= 4 is 38.0 Å². The third-order valence-electron chi connectivity index (χ3n) is 4.58. The molecule has 0 radical (unpaired) electrons. The zero-order valence-electron chi connectivity index (χ0n) is 15.7. The van der Waals surface area contributed by atoms with E-state index in [0.29, 0.717) is 12.8 Å². The van der Waals surface area contributed by atoms with Gasteiger partial charge in [-0.15, -0.1) is 0 Å². The Hall–Kier alpha value is -1.58. The number of carbonyl (C=O) groups excluding carboxylic acids is 2. The monoisotopic (exact) mass is 398 g/mol. The minimum atomic E-state index is -1.63. The fourth-order valence-electron chi connectivity index (χ4n) is 3.11. The largest absolute Gasteiger partial charge is 0.475 e. The maximum atomic E-state index is 13.0. The molecule has 150 valence electrons. The predicted molar refractivity (Wildman–Crippen MR) is 108 cm³/mol. The Morgan fingerprint density at radius 1 is 1.26 bits per heavy atom. The summed E-state index contributed by atoms with van der Waals surface area (Å²) in [6.07, 6.45) is 1.25. The van der Waals surface area contributed by atoms with Gasteiger partial charge in [0.05, 0.1) is 12.0 Å². The SMILES string of the molecule is CC(C)C[C@H](NC(=O)CCC(=O)[C@@H]1CCN1c1ccc(F)cc1)B(O)O.S. The average molecular weight is 398 g/mol. The Bertz CT molecular complexity index is 630. The van der Waals surface area contributed by atoms with Crippen molar-refractivity contribution in [3.05, 3.63) is 30.1 Å². The van der Waals surface area contributed by atoms with E-state index in [9.17, 15) is 24.0 Å². The Kier molecular flexibility index (Phi) is 9.28. The molecular weight excluding hydrogens is 370 g/mol. The molecule has 1 aromatic rings. The minimum Gasteiger partial charge on any atom is -0.426 e. The third-order valence-corrected chi connectivity index (χ3v) is 4.58. The predicted octanol–water partition coefficient (Wildman–Crippen LogP) is 1.41. The summed E-state index contributed by atoms with van der Waals surface area (Å²) in [6.45, 7) is 4.57. The zero-order valence-corrected chi connectivity index (χ0v) is 16.7. The van der Waals surface area contributed by atoms with Crippen LogP contribution in [-0.2, 0) is 9.59 Å². The van der Waals surface area contributed by atoms with Crippen molar-refractivity contribution in [2.75, 3.05) is 11.4 Å². The van der Waals surface area contributed by atoms with E-state index in [1.807, 2.05) is 18.7 Å². The molecule has 0 aliphatic carbocycles. The molecule has 1 aromatic carbocycles. The molecule has 1 heterocycles. The standard InChI is InChI=1S/C18H26BFN2O4.H2S/c1-12(2)11-17(19(25)26)21-18(24)8-7-16(23)15-9-10-22(15)14-5-3-13(20)4-6-14;/h3-6,12,15,17,25-26H,7-11H2,1-2H3,(H,21,24);1H2/t15-,17-;/m0./s1. The third kappa shape index (κ3) is 6.82. The molecule has 1 aliphatic rings. The lowest BCUT2D eigenvalue weighted by molar-refractivity contribution is -0.126. The van der Waals surface area contributed by atoms with Gasteiger partial charge in [0.1, 0.15) is 5.82 Å². The number of Topliss-reactive ketones (excluding diaryl/α,β-unsaturated/α-hetero) is 1. The molecule has 3 N–H and O–H groups in total. The molecule has 1 saturated heterocycles. The number of nitrogens with one attached hydrogen (secondary N) is 1. The first-order valence-electron chi connectivity index (χ1n) is 8.98. The molecule has 27 heavy (non-hydrogen) atoms. The lowest BCUT2D eigenvalue weighted by Crippen LogP contribution is -2.53. The molecule has 0 aromatic heterocycles. The summed E-state index contributed by atoms with van der Waals surface area (Å²) in [5, 5.41) is 21.3. The number of hydrogen-bond acceptors (Lipinski definition) is 5. The summed E-state index contributed by atoms with van der Waals surface area (Å²) < 4.78 is 13.0. The van der Waals surface area contributed by atoms with E-state index in [-0.39, 0.29) is 55.8 Å². The number of benzene rings is 1. The van der Waals surface area contributed by atoms with Gasteiger partial charge in [-0.25, -0.2) is 4.39 Å². The van der Waals surface area contributed by atoms with Crippen LogP contribution in [0.3, 0.4) is 0 Å². The van der Waals surface area contributed by atoms with Crippen molar-refractivity contribution in [2.24, 2.45) is 5.92 Å². The van der Waals surface area contributed by atoms with Crippen molar-refractivity contribution in [1.82, 2.24) is 5.32 Å². The highest BCUT2D eigenvalue weighted by atomic mass is 32.1. The maximum absolute atomic E-state index is 13.0. The second-order valence-electron chi connectivity index (χ2n) is 7.16. The van der Waals surface area contributed by atoms with Gasteiger partial charge < -0.3 is 20.3 Å². The first kappa shape index (κ1) is 23.5. The number of rotatable bonds is 9. The lowest BCUT2D eigenvalue weighted by atomic mass is 9.75. The summed E-state index contributed by atoms with van der Waals surface area (Å²) in [6, 6.07) is 5.71. The highest BCUT2D eigenvalue weighted by Crippen LogP contribution is 2.28. The minimum absolute atomic E-state index is 0. The topological polar surface area (TPSA) is 89.9 Å². The van der Waals surface area contributed by atoms with Gasteiger partial charge in [0.25, 0.3) is 0 Å². The van der Waals surface area contributed by atoms with E-state index in [4.69, 9.17) is 0 Å². The van der Waals surface area contributed by atoms with Crippen LogP contribution in [0.2, 0.25) is 0 Å². The molecule has 2 atom stereocenters. The van der Waals surface area contributed by atoms with Crippen molar-refractivity contribution in [2.45, 2.75) is 51.5 Å². The molecule has 1 aliphatic heterocycles. The molecule has 1 amide bonds. The second kappa shape index (κ2) is 10.7. The average Bonchev–Trinajstić information content (AvgIpc) is 2.53. The highest BCUT2D eigenvalue weighted by molar-refractivity contribution is 7.59. The van der Waals surface area contributed by atoms with Crippen LogP contribution >= 0.6 is 13.5 Å². The molecule has 0 saturated carbocycles. The van der Waals surface area contributed by atoms with Crippen LogP contribution in [0.5, 0.6) is 0 Å². The van der Waals surface area contributed by atoms with Crippen molar-refractivity contribution in [3.8, 4) is 0 Å². The van der Waals surface area contributed by atoms with E-state index >= 15 is 0 Å². The van der Waals surface area contributed by atoms with Crippen LogP contribution in [-0.4, -0.2) is 47.4 Å². The van der Waals surface area contributed by atoms with Crippen LogP contribution in [0.15, 0.2) is 24.3 Å². The Balaban J connectivity index is 0.00000364. The Morgan fingerprint density at radius 2 is 1.89 bits per heavy atom. The van der Waals surface area contributed by atoms with Crippen molar-refractivity contribution in [1.29, 1.82) is 0 Å². The molecule has 0 unspecified atom stereocenters. The number of amides is 1. The lowest BCUT2D eigenvalue weighted by Gasteiger charge is -2.41.